The molecule has 0 radical (unpaired) electrons. The summed E-state index contributed by atoms with van der Waals surface area (Å²) in [6.45, 7) is 7.60. The van der Waals surface area contributed by atoms with Gasteiger partial charge in [0.2, 0.25) is 0 Å². The van der Waals surface area contributed by atoms with Crippen LogP contribution in [0.3, 0.4) is 0 Å². The molecule has 3 rings (SSSR count). The number of carbonyl (C=O) groups excluding carboxylic acids is 1. The molecule has 1 atom stereocenters. The van der Waals surface area contributed by atoms with Gasteiger partial charge < -0.3 is 10.1 Å². The van der Waals surface area contributed by atoms with Crippen LogP contribution in [-0.4, -0.2) is 30.0 Å². The Balaban J connectivity index is 1.56. The number of hydrogen-bond acceptors (Lipinski definition) is 3. The molecule has 1 saturated heterocycles. The molecule has 1 aliphatic rings. The highest BCUT2D eigenvalue weighted by molar-refractivity contribution is 5.80. The van der Waals surface area contributed by atoms with Crippen LogP contribution in [0.1, 0.15) is 36.5 Å². The number of ether oxygens (including phenoxy) is 1. The quantitative estimate of drug-likeness (QED) is 0.827. The van der Waals surface area contributed by atoms with Crippen molar-refractivity contribution < 1.29 is 9.53 Å². The van der Waals surface area contributed by atoms with Crippen LogP contribution in [0, 0.1) is 6.92 Å². The van der Waals surface area contributed by atoms with Gasteiger partial charge in [0.15, 0.2) is 6.10 Å². The van der Waals surface area contributed by atoms with Gasteiger partial charge in [-0.3, -0.25) is 9.69 Å². The first kappa shape index (κ1) is 18.5. The van der Waals surface area contributed by atoms with Crippen LogP contribution in [0.25, 0.3) is 0 Å². The highest BCUT2D eigenvalue weighted by Crippen LogP contribution is 2.18. The predicted molar refractivity (Wildman–Crippen MR) is 104 cm³/mol. The van der Waals surface area contributed by atoms with E-state index >= 15 is 0 Å². The smallest absolute Gasteiger partial charge is 0.261 e. The minimum absolute atomic E-state index is 0.0933. The largest absolute Gasteiger partial charge is 0.481 e. The van der Waals surface area contributed by atoms with Crippen molar-refractivity contribution in [3.8, 4) is 5.75 Å². The lowest BCUT2D eigenvalue weighted by Gasteiger charge is -2.19. The van der Waals surface area contributed by atoms with Crippen LogP contribution >= 0.6 is 0 Å². The Hall–Kier alpha value is -2.33. The maximum atomic E-state index is 12.4. The first-order chi connectivity index (χ1) is 12.6. The van der Waals surface area contributed by atoms with E-state index in [1.807, 2.05) is 37.3 Å². The van der Waals surface area contributed by atoms with Gasteiger partial charge in [-0.05, 0) is 62.5 Å². The van der Waals surface area contributed by atoms with Crippen LogP contribution in [0.5, 0.6) is 5.75 Å². The lowest BCUT2D eigenvalue weighted by atomic mass is 10.1. The summed E-state index contributed by atoms with van der Waals surface area (Å²) in [4.78, 5) is 14.9. The molecule has 0 spiro atoms. The van der Waals surface area contributed by atoms with Gasteiger partial charge in [0.25, 0.3) is 5.91 Å². The number of para-hydroxylation sites is 1. The number of aryl methyl sites for hydroxylation is 1. The fraction of sp³-hybridized carbons (Fsp3) is 0.409. The second-order valence-corrected chi connectivity index (χ2v) is 7.00. The van der Waals surface area contributed by atoms with Gasteiger partial charge >= 0.3 is 0 Å². The minimum atomic E-state index is -0.526. The van der Waals surface area contributed by atoms with E-state index in [0.717, 1.165) is 17.9 Å². The van der Waals surface area contributed by atoms with Gasteiger partial charge in [-0.2, -0.15) is 0 Å². The fourth-order valence-corrected chi connectivity index (χ4v) is 3.32. The average Bonchev–Trinajstić information content (AvgIpc) is 3.15. The molecular weight excluding hydrogens is 324 g/mol. The van der Waals surface area contributed by atoms with Crippen molar-refractivity contribution in [1.82, 2.24) is 10.2 Å². The Morgan fingerprint density at radius 1 is 1.08 bits per heavy atom. The molecule has 1 unspecified atom stereocenters. The molecule has 1 aliphatic heterocycles. The Morgan fingerprint density at radius 2 is 1.73 bits per heavy atom. The number of likely N-dealkylation sites (tertiary alicyclic amines) is 1. The molecule has 1 N–H and O–H groups in total. The molecule has 1 amide bonds. The van der Waals surface area contributed by atoms with E-state index in [9.17, 15) is 4.79 Å². The second kappa shape index (κ2) is 8.86. The van der Waals surface area contributed by atoms with Crippen LogP contribution in [0.4, 0.5) is 0 Å². The minimum Gasteiger partial charge on any atom is -0.481 e. The number of amides is 1. The van der Waals surface area contributed by atoms with Crippen LogP contribution in [-0.2, 0) is 17.9 Å². The molecule has 0 aromatic heterocycles. The standard InChI is InChI=1S/C22H28N2O2/c1-17-9-3-6-12-21(17)26-18(2)22(25)23-15-19-10-4-5-11-20(19)16-24-13-7-8-14-24/h3-6,9-12,18H,7-8,13-16H2,1-2H3,(H,23,25). The third kappa shape index (κ3) is 4.85. The highest BCUT2D eigenvalue weighted by Gasteiger charge is 2.17. The first-order valence-corrected chi connectivity index (χ1v) is 9.42. The molecule has 4 nitrogen and oxygen atoms in total. The molecule has 0 aliphatic carbocycles. The van der Waals surface area contributed by atoms with E-state index in [4.69, 9.17) is 4.74 Å². The van der Waals surface area contributed by atoms with Gasteiger partial charge in [-0.1, -0.05) is 42.5 Å². The summed E-state index contributed by atoms with van der Waals surface area (Å²) in [6.07, 6.45) is 2.04. The van der Waals surface area contributed by atoms with Gasteiger partial charge in [-0.25, -0.2) is 0 Å². The zero-order valence-electron chi connectivity index (χ0n) is 15.7. The monoisotopic (exact) mass is 352 g/mol. The maximum Gasteiger partial charge on any atom is 0.261 e. The fourth-order valence-electron chi connectivity index (χ4n) is 3.32. The summed E-state index contributed by atoms with van der Waals surface area (Å²) in [6, 6.07) is 16.1. The van der Waals surface area contributed by atoms with Gasteiger partial charge in [-0.15, -0.1) is 0 Å². The van der Waals surface area contributed by atoms with E-state index in [2.05, 4.69) is 28.4 Å². The molecule has 26 heavy (non-hydrogen) atoms. The molecule has 1 heterocycles. The lowest BCUT2D eigenvalue weighted by molar-refractivity contribution is -0.127. The third-order valence-electron chi connectivity index (χ3n) is 4.93. The van der Waals surface area contributed by atoms with E-state index < -0.39 is 6.10 Å². The second-order valence-electron chi connectivity index (χ2n) is 7.00. The number of nitrogens with one attached hydrogen (secondary N) is 1. The number of rotatable bonds is 7. The number of carbonyl (C=O) groups is 1. The van der Waals surface area contributed by atoms with Crippen LogP contribution in [0.15, 0.2) is 48.5 Å². The topological polar surface area (TPSA) is 41.6 Å². The summed E-state index contributed by atoms with van der Waals surface area (Å²) >= 11 is 0. The molecule has 2 aromatic carbocycles. The Labute approximate surface area is 156 Å². The van der Waals surface area contributed by atoms with Crippen molar-refractivity contribution in [2.45, 2.75) is 45.9 Å². The van der Waals surface area contributed by atoms with Crippen molar-refractivity contribution >= 4 is 5.91 Å². The highest BCUT2D eigenvalue weighted by atomic mass is 16.5. The Bertz CT molecular complexity index is 738. The van der Waals surface area contributed by atoms with E-state index in [0.29, 0.717) is 6.54 Å². The van der Waals surface area contributed by atoms with Crippen LogP contribution in [0.2, 0.25) is 0 Å². The van der Waals surface area contributed by atoms with Crippen molar-refractivity contribution in [3.63, 3.8) is 0 Å². The van der Waals surface area contributed by atoms with Crippen molar-refractivity contribution in [1.29, 1.82) is 0 Å². The van der Waals surface area contributed by atoms with Crippen molar-refractivity contribution in [2.24, 2.45) is 0 Å². The molecule has 1 fully saturated rings. The normalized spacial score (nSPS) is 15.6. The molecule has 0 bridgehead atoms. The van der Waals surface area contributed by atoms with E-state index in [1.54, 1.807) is 6.92 Å². The number of nitrogens with zero attached hydrogens (tertiary/aromatic N) is 1. The summed E-state index contributed by atoms with van der Waals surface area (Å²) < 4.78 is 5.81. The molecular formula is C22H28N2O2. The average molecular weight is 352 g/mol. The Kier molecular flexibility index (Phi) is 6.29. The van der Waals surface area contributed by atoms with Gasteiger partial charge in [0.1, 0.15) is 5.75 Å². The third-order valence-corrected chi connectivity index (χ3v) is 4.93. The predicted octanol–water partition coefficient (Wildman–Crippen LogP) is 3.67. The Morgan fingerprint density at radius 3 is 2.46 bits per heavy atom. The molecule has 2 aromatic rings. The zero-order valence-corrected chi connectivity index (χ0v) is 15.7. The summed E-state index contributed by atoms with van der Waals surface area (Å²) in [5, 5.41) is 3.02. The van der Waals surface area contributed by atoms with Gasteiger partial charge in [0, 0.05) is 13.1 Å². The SMILES string of the molecule is Cc1ccccc1OC(C)C(=O)NCc1ccccc1CN1CCCC1. The molecule has 138 valence electrons. The number of benzene rings is 2. The molecule has 4 heteroatoms. The number of hydrogen-bond donors (Lipinski definition) is 1. The summed E-state index contributed by atoms with van der Waals surface area (Å²) in [5.41, 5.74) is 3.50. The van der Waals surface area contributed by atoms with E-state index in [-0.39, 0.29) is 5.91 Å². The molecule has 0 saturated carbocycles. The van der Waals surface area contributed by atoms with Crippen molar-refractivity contribution in [3.05, 3.63) is 65.2 Å². The zero-order chi connectivity index (χ0) is 18.4. The van der Waals surface area contributed by atoms with E-state index in [1.165, 1.54) is 37.1 Å². The summed E-state index contributed by atoms with van der Waals surface area (Å²) in [7, 11) is 0. The maximum absolute atomic E-state index is 12.4. The first-order valence-electron chi connectivity index (χ1n) is 9.42. The van der Waals surface area contributed by atoms with Gasteiger partial charge in [0.05, 0.1) is 0 Å². The lowest BCUT2D eigenvalue weighted by Crippen LogP contribution is -2.36. The van der Waals surface area contributed by atoms with Crippen LogP contribution < -0.4 is 10.1 Å². The van der Waals surface area contributed by atoms with Crippen molar-refractivity contribution in [2.75, 3.05) is 13.1 Å². The summed E-state index contributed by atoms with van der Waals surface area (Å²) in [5.74, 6) is 0.661.